The highest BCUT2D eigenvalue weighted by atomic mass is 79.9. The van der Waals surface area contributed by atoms with Crippen LogP contribution in [0.15, 0.2) is 53.3 Å². The van der Waals surface area contributed by atoms with E-state index in [1.54, 1.807) is 0 Å². The molecule has 0 N–H and O–H groups in total. The molecule has 0 saturated heterocycles. The first-order valence-electron chi connectivity index (χ1n) is 4.84. The molecule has 0 saturated carbocycles. The fraction of sp³-hybridized carbons (Fsp3) is 0.167. The molecule has 0 aliphatic carbocycles. The van der Waals surface area contributed by atoms with Crippen molar-refractivity contribution in [2.45, 2.75) is 6.54 Å². The molecule has 1 heterocycles. The van der Waals surface area contributed by atoms with Gasteiger partial charge in [-0.1, -0.05) is 12.1 Å². The topological polar surface area (TPSA) is 14.2 Å². The summed E-state index contributed by atoms with van der Waals surface area (Å²) in [5.41, 5.74) is 0. The Morgan fingerprint density at radius 2 is 1.80 bits per heavy atom. The Morgan fingerprint density at radius 1 is 1.07 bits per heavy atom. The third-order valence-corrected chi connectivity index (χ3v) is 2.77. The highest BCUT2D eigenvalue weighted by molar-refractivity contribution is 9.10. The maximum Gasteiger partial charge on any atom is 0.133 e. The summed E-state index contributed by atoms with van der Waals surface area (Å²) in [6, 6.07) is 11.9. The average molecular weight is 266 g/mol. The summed E-state index contributed by atoms with van der Waals surface area (Å²) in [4.78, 5) is 0. The minimum absolute atomic E-state index is 0.678. The molecule has 0 spiro atoms. The fourth-order valence-electron chi connectivity index (χ4n) is 1.34. The zero-order valence-corrected chi connectivity index (χ0v) is 9.85. The van der Waals surface area contributed by atoms with E-state index in [4.69, 9.17) is 4.74 Å². The summed E-state index contributed by atoms with van der Waals surface area (Å²) < 4.78 is 8.73. The number of rotatable bonds is 4. The largest absolute Gasteiger partial charge is 0.491 e. The predicted octanol–water partition coefficient (Wildman–Crippen LogP) is 3.33. The third kappa shape index (κ3) is 2.86. The number of nitrogens with zero attached hydrogens (tertiary/aromatic N) is 1. The zero-order valence-electron chi connectivity index (χ0n) is 8.27. The van der Waals surface area contributed by atoms with Crippen molar-refractivity contribution in [1.82, 2.24) is 4.57 Å². The second-order valence-electron chi connectivity index (χ2n) is 3.20. The van der Waals surface area contributed by atoms with Gasteiger partial charge in [-0.15, -0.1) is 0 Å². The summed E-state index contributed by atoms with van der Waals surface area (Å²) in [7, 11) is 0. The Labute approximate surface area is 97.6 Å². The molecule has 78 valence electrons. The van der Waals surface area contributed by atoms with Crippen LogP contribution < -0.4 is 4.74 Å². The first-order valence-corrected chi connectivity index (χ1v) is 5.63. The summed E-state index contributed by atoms with van der Waals surface area (Å²) in [5, 5.41) is 0. The van der Waals surface area contributed by atoms with Crippen LogP contribution in [0.25, 0.3) is 0 Å². The number of hydrogen-bond donors (Lipinski definition) is 0. The van der Waals surface area contributed by atoms with E-state index in [1.807, 2.05) is 48.8 Å². The monoisotopic (exact) mass is 265 g/mol. The molecule has 2 nitrogen and oxygen atoms in total. The lowest BCUT2D eigenvalue weighted by Crippen LogP contribution is -2.06. The van der Waals surface area contributed by atoms with Gasteiger partial charge in [0.15, 0.2) is 0 Å². The molecule has 3 heteroatoms. The molecule has 2 rings (SSSR count). The standard InChI is InChI=1S/C12H12BrNO/c13-11-5-1-2-6-12(11)15-10-9-14-7-3-4-8-14/h1-8H,9-10H2. The van der Waals surface area contributed by atoms with Gasteiger partial charge in [0.2, 0.25) is 0 Å². The van der Waals surface area contributed by atoms with Crippen LogP contribution in [0.5, 0.6) is 5.75 Å². The Morgan fingerprint density at radius 3 is 2.53 bits per heavy atom. The normalized spacial score (nSPS) is 10.2. The molecule has 15 heavy (non-hydrogen) atoms. The SMILES string of the molecule is Brc1ccccc1OCCn1cccc1. The molecule has 0 fully saturated rings. The van der Waals surface area contributed by atoms with E-state index in [9.17, 15) is 0 Å². The maximum atomic E-state index is 5.64. The minimum Gasteiger partial charge on any atom is -0.491 e. The van der Waals surface area contributed by atoms with Crippen LogP contribution >= 0.6 is 15.9 Å². The molecular weight excluding hydrogens is 254 g/mol. The lowest BCUT2D eigenvalue weighted by Gasteiger charge is -2.08. The second kappa shape index (κ2) is 5.03. The van der Waals surface area contributed by atoms with Crippen molar-refractivity contribution in [3.8, 4) is 5.75 Å². The lowest BCUT2D eigenvalue weighted by atomic mass is 10.3. The molecule has 0 amide bonds. The van der Waals surface area contributed by atoms with Crippen molar-refractivity contribution in [2.75, 3.05) is 6.61 Å². The molecule has 1 aromatic carbocycles. The fourth-order valence-corrected chi connectivity index (χ4v) is 1.74. The van der Waals surface area contributed by atoms with Gasteiger partial charge in [0.25, 0.3) is 0 Å². The van der Waals surface area contributed by atoms with Crippen LogP contribution in [-0.2, 0) is 6.54 Å². The van der Waals surface area contributed by atoms with E-state index in [0.29, 0.717) is 6.61 Å². The van der Waals surface area contributed by atoms with Crippen molar-refractivity contribution in [3.63, 3.8) is 0 Å². The first kappa shape index (κ1) is 10.3. The second-order valence-corrected chi connectivity index (χ2v) is 4.05. The highest BCUT2D eigenvalue weighted by Crippen LogP contribution is 2.23. The quantitative estimate of drug-likeness (QED) is 0.827. The molecule has 0 unspecified atom stereocenters. The van der Waals surface area contributed by atoms with Gasteiger partial charge in [0.1, 0.15) is 12.4 Å². The molecule has 0 bridgehead atoms. The summed E-state index contributed by atoms with van der Waals surface area (Å²) in [6.07, 6.45) is 4.06. The minimum atomic E-state index is 0.678. The van der Waals surface area contributed by atoms with Crippen LogP contribution in [0.3, 0.4) is 0 Å². The lowest BCUT2D eigenvalue weighted by molar-refractivity contribution is 0.297. The van der Waals surface area contributed by atoms with E-state index >= 15 is 0 Å². The highest BCUT2D eigenvalue weighted by Gasteiger charge is 1.98. The molecule has 2 aromatic rings. The summed E-state index contributed by atoms with van der Waals surface area (Å²) >= 11 is 3.44. The number of halogens is 1. The van der Waals surface area contributed by atoms with Gasteiger partial charge in [-0.2, -0.15) is 0 Å². The van der Waals surface area contributed by atoms with Gasteiger partial charge in [0.05, 0.1) is 11.0 Å². The van der Waals surface area contributed by atoms with E-state index in [1.165, 1.54) is 0 Å². The number of para-hydroxylation sites is 1. The number of ether oxygens (including phenoxy) is 1. The summed E-state index contributed by atoms with van der Waals surface area (Å²) in [5.74, 6) is 0.893. The zero-order chi connectivity index (χ0) is 10.5. The van der Waals surface area contributed by atoms with Gasteiger partial charge in [0, 0.05) is 12.4 Å². The van der Waals surface area contributed by atoms with Crippen LogP contribution in [0.1, 0.15) is 0 Å². The van der Waals surface area contributed by atoms with Crippen molar-refractivity contribution in [1.29, 1.82) is 0 Å². The van der Waals surface area contributed by atoms with Gasteiger partial charge in [-0.25, -0.2) is 0 Å². The van der Waals surface area contributed by atoms with E-state index in [-0.39, 0.29) is 0 Å². The van der Waals surface area contributed by atoms with Crippen molar-refractivity contribution in [2.24, 2.45) is 0 Å². The van der Waals surface area contributed by atoms with Gasteiger partial charge >= 0.3 is 0 Å². The van der Waals surface area contributed by atoms with Crippen LogP contribution in [-0.4, -0.2) is 11.2 Å². The average Bonchev–Trinajstić information content (AvgIpc) is 2.74. The smallest absolute Gasteiger partial charge is 0.133 e. The van der Waals surface area contributed by atoms with Crippen molar-refractivity contribution >= 4 is 15.9 Å². The van der Waals surface area contributed by atoms with Crippen LogP contribution in [0.4, 0.5) is 0 Å². The maximum absolute atomic E-state index is 5.64. The molecule has 1 aromatic heterocycles. The first-order chi connectivity index (χ1) is 7.36. The molecular formula is C12H12BrNO. The Hall–Kier alpha value is -1.22. The van der Waals surface area contributed by atoms with Crippen LogP contribution in [0.2, 0.25) is 0 Å². The number of hydrogen-bond acceptors (Lipinski definition) is 1. The van der Waals surface area contributed by atoms with E-state index < -0.39 is 0 Å². The van der Waals surface area contributed by atoms with Crippen molar-refractivity contribution < 1.29 is 4.74 Å². The van der Waals surface area contributed by atoms with Gasteiger partial charge < -0.3 is 9.30 Å². The number of aromatic nitrogens is 1. The van der Waals surface area contributed by atoms with Gasteiger partial charge in [-0.05, 0) is 40.2 Å². The third-order valence-electron chi connectivity index (χ3n) is 2.11. The van der Waals surface area contributed by atoms with E-state index in [0.717, 1.165) is 16.8 Å². The van der Waals surface area contributed by atoms with E-state index in [2.05, 4.69) is 20.5 Å². The predicted molar refractivity (Wildman–Crippen MR) is 64.1 cm³/mol. The molecule has 0 atom stereocenters. The molecule has 0 aliphatic rings. The Bertz CT molecular complexity index is 411. The number of benzene rings is 1. The molecule has 0 aliphatic heterocycles. The van der Waals surface area contributed by atoms with Crippen LogP contribution in [0, 0.1) is 0 Å². The molecule has 0 radical (unpaired) electrons. The van der Waals surface area contributed by atoms with Gasteiger partial charge in [-0.3, -0.25) is 0 Å². The Balaban J connectivity index is 1.86. The van der Waals surface area contributed by atoms with Crippen molar-refractivity contribution in [3.05, 3.63) is 53.3 Å². The Kier molecular flexibility index (Phi) is 3.45. The summed E-state index contributed by atoms with van der Waals surface area (Å²) in [6.45, 7) is 1.55.